The molecular formula is C29H32F3N5O3. The van der Waals surface area contributed by atoms with Gasteiger partial charge in [0.05, 0.1) is 24.0 Å². The molecule has 3 N–H and O–H groups in total. The zero-order valence-corrected chi connectivity index (χ0v) is 21.9. The van der Waals surface area contributed by atoms with Crippen LogP contribution in [0.15, 0.2) is 67.3 Å². The number of rotatable bonds is 7. The maximum absolute atomic E-state index is 12.9. The van der Waals surface area contributed by atoms with Crippen LogP contribution in [0.1, 0.15) is 53.6 Å². The molecular weight excluding hydrogens is 523 g/mol. The lowest BCUT2D eigenvalue weighted by Crippen LogP contribution is -2.46. The lowest BCUT2D eigenvalue weighted by molar-refractivity contribution is -0.137. The highest BCUT2D eigenvalue weighted by atomic mass is 19.4. The molecule has 1 saturated carbocycles. The number of imidazole rings is 1. The Morgan fingerprint density at radius 3 is 2.48 bits per heavy atom. The van der Waals surface area contributed by atoms with Crippen LogP contribution >= 0.6 is 0 Å². The van der Waals surface area contributed by atoms with Crippen molar-refractivity contribution in [2.24, 2.45) is 0 Å². The number of aromatic nitrogens is 2. The number of alkyl halides is 3. The second kappa shape index (κ2) is 11.4. The molecule has 2 fully saturated rings. The third-order valence-corrected chi connectivity index (χ3v) is 7.88. The van der Waals surface area contributed by atoms with Gasteiger partial charge in [-0.05, 0) is 68.0 Å². The van der Waals surface area contributed by atoms with Gasteiger partial charge < -0.3 is 25.2 Å². The number of nitrogens with one attached hydrogen (secondary N) is 2. The highest BCUT2D eigenvalue weighted by Crippen LogP contribution is 2.37. The Labute approximate surface area is 230 Å². The standard InChI is InChI=1S/C29H32F3N5O3/c30-29(31,32)22-3-1-2-20(16-22)27(39)34-17-26(38)36-14-10-24(18-36)35-23-8-11-28(40,12-9-23)21-4-6-25(7-5-21)37-15-13-33-19-37/h1-7,13,15-16,19,23-24,35,40H,8-12,14,17-18H2,(H,34,39)/t23?,24-,28?/m0/s1. The molecule has 2 aliphatic rings. The first kappa shape index (κ1) is 27.9. The molecule has 2 aromatic carbocycles. The van der Waals surface area contributed by atoms with Crippen molar-refractivity contribution in [3.8, 4) is 5.69 Å². The number of nitrogens with zero attached hydrogens (tertiary/aromatic N) is 3. The molecule has 5 rings (SSSR count). The fourth-order valence-electron chi connectivity index (χ4n) is 5.57. The smallest absolute Gasteiger partial charge is 0.385 e. The molecule has 0 unspecified atom stereocenters. The van der Waals surface area contributed by atoms with Crippen LogP contribution in [0.3, 0.4) is 0 Å². The summed E-state index contributed by atoms with van der Waals surface area (Å²) in [6.07, 6.45) is 4.41. The molecule has 0 spiro atoms. The molecule has 1 saturated heterocycles. The number of hydrogen-bond donors (Lipinski definition) is 3. The van der Waals surface area contributed by atoms with Crippen LogP contribution in [0.4, 0.5) is 13.2 Å². The minimum atomic E-state index is -4.55. The van der Waals surface area contributed by atoms with Crippen LogP contribution in [-0.2, 0) is 16.6 Å². The van der Waals surface area contributed by atoms with Crippen molar-refractivity contribution in [1.29, 1.82) is 0 Å². The maximum atomic E-state index is 12.9. The van der Waals surface area contributed by atoms with Crippen molar-refractivity contribution >= 4 is 11.8 Å². The van der Waals surface area contributed by atoms with E-state index in [1.165, 1.54) is 12.1 Å². The van der Waals surface area contributed by atoms with Crippen LogP contribution < -0.4 is 10.6 Å². The van der Waals surface area contributed by atoms with Gasteiger partial charge in [-0.25, -0.2) is 4.98 Å². The van der Waals surface area contributed by atoms with Crippen molar-refractivity contribution < 1.29 is 27.9 Å². The fourth-order valence-corrected chi connectivity index (χ4v) is 5.57. The fraction of sp³-hybridized carbons (Fsp3) is 0.414. The number of hydrogen-bond acceptors (Lipinski definition) is 5. The van der Waals surface area contributed by atoms with Crippen molar-refractivity contribution in [2.75, 3.05) is 19.6 Å². The molecule has 1 aliphatic carbocycles. The molecule has 2 heterocycles. The first-order chi connectivity index (χ1) is 19.1. The van der Waals surface area contributed by atoms with Gasteiger partial charge in [0, 0.05) is 48.8 Å². The molecule has 0 bridgehead atoms. The summed E-state index contributed by atoms with van der Waals surface area (Å²) >= 11 is 0. The van der Waals surface area contributed by atoms with Crippen molar-refractivity contribution in [2.45, 2.75) is 56.0 Å². The van der Waals surface area contributed by atoms with Crippen LogP contribution in [0.25, 0.3) is 5.69 Å². The second-order valence-corrected chi connectivity index (χ2v) is 10.6. The molecule has 1 aromatic heterocycles. The van der Waals surface area contributed by atoms with Gasteiger partial charge in [-0.15, -0.1) is 0 Å². The Balaban J connectivity index is 1.06. The summed E-state index contributed by atoms with van der Waals surface area (Å²) in [6, 6.07) is 12.3. The Morgan fingerprint density at radius 1 is 1.05 bits per heavy atom. The highest BCUT2D eigenvalue weighted by molar-refractivity contribution is 5.96. The van der Waals surface area contributed by atoms with Gasteiger partial charge in [0.2, 0.25) is 5.91 Å². The first-order valence-electron chi connectivity index (χ1n) is 13.4. The molecule has 40 heavy (non-hydrogen) atoms. The molecule has 8 nitrogen and oxygen atoms in total. The molecule has 212 valence electrons. The Bertz CT molecular complexity index is 1320. The number of carbonyl (C=O) groups excluding carboxylic acids is 2. The number of amides is 2. The van der Waals surface area contributed by atoms with E-state index in [2.05, 4.69) is 15.6 Å². The topological polar surface area (TPSA) is 99.5 Å². The first-order valence-corrected chi connectivity index (χ1v) is 13.4. The monoisotopic (exact) mass is 555 g/mol. The minimum absolute atomic E-state index is 0.105. The number of likely N-dealkylation sites (tertiary alicyclic amines) is 1. The molecule has 1 aliphatic heterocycles. The number of carbonyl (C=O) groups is 2. The summed E-state index contributed by atoms with van der Waals surface area (Å²) in [4.78, 5) is 30.7. The average Bonchev–Trinajstić information content (AvgIpc) is 3.66. The molecule has 1 atom stereocenters. The van der Waals surface area contributed by atoms with Crippen molar-refractivity contribution in [3.63, 3.8) is 0 Å². The summed E-state index contributed by atoms with van der Waals surface area (Å²) < 4.78 is 40.7. The summed E-state index contributed by atoms with van der Waals surface area (Å²) in [5.74, 6) is -0.999. The van der Waals surface area contributed by atoms with E-state index >= 15 is 0 Å². The lowest BCUT2D eigenvalue weighted by Gasteiger charge is -2.37. The number of aliphatic hydroxyl groups is 1. The SMILES string of the molecule is O=C(NCC(=O)N1CC[C@H](NC2CCC(O)(c3ccc(-n4ccnc4)cc3)CC2)C1)c1cccc(C(F)(F)F)c1. The third kappa shape index (κ3) is 6.37. The average molecular weight is 556 g/mol. The van der Waals surface area contributed by atoms with E-state index in [-0.39, 0.29) is 30.1 Å². The van der Waals surface area contributed by atoms with Gasteiger partial charge in [-0.1, -0.05) is 18.2 Å². The maximum Gasteiger partial charge on any atom is 0.416 e. The quantitative estimate of drug-likeness (QED) is 0.414. The van der Waals surface area contributed by atoms with Gasteiger partial charge in [0.25, 0.3) is 5.91 Å². The predicted octanol–water partition coefficient (Wildman–Crippen LogP) is 3.64. The van der Waals surface area contributed by atoms with Gasteiger partial charge in [-0.2, -0.15) is 13.2 Å². The van der Waals surface area contributed by atoms with Crippen LogP contribution in [0, 0.1) is 0 Å². The van der Waals surface area contributed by atoms with Gasteiger partial charge >= 0.3 is 6.18 Å². The zero-order valence-electron chi connectivity index (χ0n) is 21.9. The van der Waals surface area contributed by atoms with Gasteiger partial charge in [-0.3, -0.25) is 9.59 Å². The predicted molar refractivity (Wildman–Crippen MR) is 142 cm³/mol. The molecule has 3 aromatic rings. The van der Waals surface area contributed by atoms with E-state index in [1.54, 1.807) is 17.4 Å². The normalized spacial score (nSPS) is 23.2. The highest BCUT2D eigenvalue weighted by Gasteiger charge is 2.36. The minimum Gasteiger partial charge on any atom is -0.385 e. The summed E-state index contributed by atoms with van der Waals surface area (Å²) in [5, 5.41) is 17.4. The Kier molecular flexibility index (Phi) is 7.95. The van der Waals surface area contributed by atoms with Crippen LogP contribution in [-0.4, -0.2) is 63.1 Å². The van der Waals surface area contributed by atoms with E-state index in [9.17, 15) is 27.9 Å². The summed E-state index contributed by atoms with van der Waals surface area (Å²) in [6.45, 7) is 0.752. The lowest BCUT2D eigenvalue weighted by atomic mass is 9.77. The van der Waals surface area contributed by atoms with Gasteiger partial charge in [0.15, 0.2) is 0 Å². The Hall–Kier alpha value is -3.70. The molecule has 0 radical (unpaired) electrons. The van der Waals surface area contributed by atoms with Crippen molar-refractivity contribution in [1.82, 2.24) is 25.1 Å². The zero-order chi connectivity index (χ0) is 28.3. The Morgan fingerprint density at radius 2 is 1.80 bits per heavy atom. The largest absolute Gasteiger partial charge is 0.416 e. The van der Waals surface area contributed by atoms with E-state index in [0.717, 1.165) is 42.6 Å². The van der Waals surface area contributed by atoms with E-state index in [4.69, 9.17) is 0 Å². The second-order valence-electron chi connectivity index (χ2n) is 10.6. The molecule has 2 amide bonds. The van der Waals surface area contributed by atoms with Crippen LogP contribution in [0.5, 0.6) is 0 Å². The summed E-state index contributed by atoms with van der Waals surface area (Å²) in [5.41, 5.74) is -0.0452. The molecule has 11 heteroatoms. The van der Waals surface area contributed by atoms with E-state index in [1.807, 2.05) is 35.0 Å². The number of halogens is 3. The van der Waals surface area contributed by atoms with E-state index < -0.39 is 23.2 Å². The number of benzene rings is 2. The van der Waals surface area contributed by atoms with Crippen molar-refractivity contribution in [3.05, 3.63) is 83.9 Å². The third-order valence-electron chi connectivity index (χ3n) is 7.88. The van der Waals surface area contributed by atoms with Crippen LogP contribution in [0.2, 0.25) is 0 Å². The van der Waals surface area contributed by atoms with Gasteiger partial charge in [0.1, 0.15) is 0 Å². The van der Waals surface area contributed by atoms with E-state index in [0.29, 0.717) is 25.9 Å². The summed E-state index contributed by atoms with van der Waals surface area (Å²) in [7, 11) is 0.